The molecule has 0 aromatic heterocycles. The van der Waals surface area contributed by atoms with Crippen LogP contribution in [0.3, 0.4) is 0 Å². The molecule has 4 rings (SSSR count). The van der Waals surface area contributed by atoms with E-state index in [0.29, 0.717) is 39.5 Å². The molecule has 0 aliphatic carbocycles. The van der Waals surface area contributed by atoms with Crippen LogP contribution in [-0.4, -0.2) is 71.4 Å². The first-order valence-electron chi connectivity index (χ1n) is 15.1. The van der Waals surface area contributed by atoms with E-state index in [9.17, 15) is 9.90 Å². The van der Waals surface area contributed by atoms with Crippen molar-refractivity contribution < 1.29 is 28.8 Å². The third kappa shape index (κ3) is 11.1. The van der Waals surface area contributed by atoms with Crippen molar-refractivity contribution in [1.82, 2.24) is 10.0 Å². The molecule has 0 unspecified atom stereocenters. The van der Waals surface area contributed by atoms with Crippen molar-refractivity contribution in [2.24, 2.45) is 0 Å². The highest BCUT2D eigenvalue weighted by Gasteiger charge is 2.36. The van der Waals surface area contributed by atoms with Crippen LogP contribution >= 0.6 is 0 Å². The smallest absolute Gasteiger partial charge is 0.424 e. The van der Waals surface area contributed by atoms with Gasteiger partial charge in [-0.05, 0) is 50.3 Å². The van der Waals surface area contributed by atoms with Crippen LogP contribution in [0.5, 0.6) is 0 Å². The predicted octanol–water partition coefficient (Wildman–Crippen LogP) is 5.98. The lowest BCUT2D eigenvalue weighted by Crippen LogP contribution is -2.57. The molecule has 1 amide bonds. The Kier molecular flexibility index (Phi) is 12.6. The van der Waals surface area contributed by atoms with Gasteiger partial charge in [0.25, 0.3) is 0 Å². The second-order valence-electron chi connectivity index (χ2n) is 11.9. The largest absolute Gasteiger partial charge is 0.443 e. The highest BCUT2D eigenvalue weighted by Crippen LogP contribution is 2.22. The summed E-state index contributed by atoms with van der Waals surface area (Å²) in [4.78, 5) is 13.2. The Hall–Kier alpha value is -3.27. The molecule has 1 aliphatic rings. The fraction of sp³-hybridized carbons (Fsp3) is 0.457. The van der Waals surface area contributed by atoms with Crippen LogP contribution in [0.4, 0.5) is 4.79 Å². The lowest BCUT2D eigenvalue weighted by atomic mass is 10.1. The van der Waals surface area contributed by atoms with Crippen LogP contribution in [0.1, 0.15) is 50.3 Å². The minimum atomic E-state index is -0.979. The molecule has 0 spiro atoms. The number of carbonyl (C=O) groups excluding carboxylic acids is 1. The highest BCUT2D eigenvalue weighted by atomic mass is 16.6. The quantitative estimate of drug-likeness (QED) is 0.247. The molecule has 1 heterocycles. The van der Waals surface area contributed by atoms with E-state index in [2.05, 4.69) is 0 Å². The van der Waals surface area contributed by atoms with Gasteiger partial charge in [-0.25, -0.2) is 14.8 Å². The Labute approximate surface area is 256 Å². The third-order valence-corrected chi connectivity index (χ3v) is 7.11. The van der Waals surface area contributed by atoms with Crippen LogP contribution in [-0.2, 0) is 38.8 Å². The molecule has 1 N–H and O–H groups in total. The van der Waals surface area contributed by atoms with Crippen molar-refractivity contribution in [3.8, 4) is 0 Å². The summed E-state index contributed by atoms with van der Waals surface area (Å²) >= 11 is 0. The number of benzene rings is 3. The molecule has 3 aromatic rings. The lowest BCUT2D eigenvalue weighted by molar-refractivity contribution is -0.168. The van der Waals surface area contributed by atoms with Crippen LogP contribution in [0.25, 0.3) is 0 Å². The fourth-order valence-corrected chi connectivity index (χ4v) is 4.97. The second kappa shape index (κ2) is 16.5. The predicted molar refractivity (Wildman–Crippen MR) is 166 cm³/mol. The zero-order chi connectivity index (χ0) is 30.5. The zero-order valence-electron chi connectivity index (χ0n) is 25.6. The third-order valence-electron chi connectivity index (χ3n) is 7.11. The van der Waals surface area contributed by atoms with Gasteiger partial charge in [0.05, 0.1) is 26.4 Å². The van der Waals surface area contributed by atoms with Crippen molar-refractivity contribution >= 4 is 6.09 Å². The van der Waals surface area contributed by atoms with Gasteiger partial charge >= 0.3 is 6.09 Å². The number of carbonyl (C=O) groups is 1. The van der Waals surface area contributed by atoms with Gasteiger partial charge in [0.2, 0.25) is 0 Å². The molecule has 3 aromatic carbocycles. The molecule has 8 nitrogen and oxygen atoms in total. The molecule has 0 radical (unpaired) electrons. The zero-order valence-corrected chi connectivity index (χ0v) is 25.6. The summed E-state index contributed by atoms with van der Waals surface area (Å²) in [5.74, 6) is 0. The minimum absolute atomic E-state index is 0.0648. The summed E-state index contributed by atoms with van der Waals surface area (Å²) in [5, 5.41) is 15.2. The van der Waals surface area contributed by atoms with Gasteiger partial charge < -0.3 is 24.1 Å². The van der Waals surface area contributed by atoms with E-state index in [-0.39, 0.29) is 12.7 Å². The SMILES string of the molecule is CC(C)(C)OC(=O)N1CCCCN1C[C@@H](OCc1ccccc1)[C@H](OCc1ccccc1)[C@@H](O)COCc1ccccc1. The van der Waals surface area contributed by atoms with Crippen molar-refractivity contribution in [2.45, 2.75) is 77.3 Å². The van der Waals surface area contributed by atoms with Crippen molar-refractivity contribution in [3.05, 3.63) is 108 Å². The molecule has 1 aliphatic heterocycles. The van der Waals surface area contributed by atoms with Gasteiger partial charge in [0.15, 0.2) is 0 Å². The number of amides is 1. The summed E-state index contributed by atoms with van der Waals surface area (Å²) in [6.07, 6.45) is -0.863. The van der Waals surface area contributed by atoms with Gasteiger partial charge in [0.1, 0.15) is 23.9 Å². The number of hydrogen-bond donors (Lipinski definition) is 1. The van der Waals surface area contributed by atoms with Crippen LogP contribution in [0.15, 0.2) is 91.0 Å². The average molecular weight is 591 g/mol. The average Bonchev–Trinajstić information content (AvgIpc) is 3.01. The van der Waals surface area contributed by atoms with Crippen LogP contribution in [0, 0.1) is 0 Å². The molecule has 8 heteroatoms. The molecule has 232 valence electrons. The number of rotatable bonds is 14. The van der Waals surface area contributed by atoms with E-state index in [0.717, 1.165) is 29.5 Å². The second-order valence-corrected chi connectivity index (χ2v) is 11.9. The number of aliphatic hydroxyl groups is 1. The highest BCUT2D eigenvalue weighted by molar-refractivity contribution is 5.67. The monoisotopic (exact) mass is 590 g/mol. The maximum absolute atomic E-state index is 13.2. The summed E-state index contributed by atoms with van der Waals surface area (Å²) in [6.45, 7) is 8.21. The topological polar surface area (TPSA) is 80.7 Å². The van der Waals surface area contributed by atoms with Crippen LogP contribution in [0.2, 0.25) is 0 Å². The molecule has 1 fully saturated rings. The Morgan fingerprint density at radius 2 is 1.28 bits per heavy atom. The number of hydrazine groups is 1. The lowest BCUT2D eigenvalue weighted by Gasteiger charge is -2.42. The fourth-order valence-electron chi connectivity index (χ4n) is 4.97. The normalized spacial score (nSPS) is 16.4. The van der Waals surface area contributed by atoms with E-state index < -0.39 is 23.9 Å². The van der Waals surface area contributed by atoms with E-state index in [1.165, 1.54) is 0 Å². The minimum Gasteiger partial charge on any atom is -0.443 e. The Morgan fingerprint density at radius 1 is 0.767 bits per heavy atom. The maximum Gasteiger partial charge on any atom is 0.424 e. The Morgan fingerprint density at radius 3 is 1.84 bits per heavy atom. The number of hydrogen-bond acceptors (Lipinski definition) is 7. The van der Waals surface area contributed by atoms with Crippen molar-refractivity contribution in [2.75, 3.05) is 26.2 Å². The van der Waals surface area contributed by atoms with Gasteiger partial charge in [-0.2, -0.15) is 0 Å². The standard InChI is InChI=1S/C35H46N2O6/c1-35(2,3)43-34(39)37-22-14-13-21-36(37)23-32(41-25-29-17-9-5-10-18-29)33(42-26-30-19-11-6-12-20-30)31(38)27-40-24-28-15-7-4-8-16-28/h4-12,15-20,31-33,38H,13-14,21-27H2,1-3H3/t31-,32+,33+/m0/s1. The number of ether oxygens (including phenoxy) is 4. The summed E-state index contributed by atoms with van der Waals surface area (Å²) in [5.41, 5.74) is 2.40. The first kappa shape index (κ1) is 32.6. The van der Waals surface area contributed by atoms with Crippen molar-refractivity contribution in [3.63, 3.8) is 0 Å². The molecule has 1 saturated heterocycles. The van der Waals surface area contributed by atoms with Gasteiger partial charge in [-0.15, -0.1) is 0 Å². The Balaban J connectivity index is 1.55. The summed E-state index contributed by atoms with van der Waals surface area (Å²) < 4.78 is 24.7. The van der Waals surface area contributed by atoms with E-state index in [4.69, 9.17) is 18.9 Å². The molecular formula is C35H46N2O6. The number of nitrogens with zero attached hydrogens (tertiary/aromatic N) is 2. The summed E-state index contributed by atoms with van der Waals surface area (Å²) in [6, 6.07) is 29.6. The van der Waals surface area contributed by atoms with E-state index >= 15 is 0 Å². The first-order chi connectivity index (χ1) is 20.8. The van der Waals surface area contributed by atoms with Crippen LogP contribution < -0.4 is 0 Å². The molecule has 3 atom stereocenters. The first-order valence-corrected chi connectivity index (χ1v) is 15.1. The summed E-state index contributed by atoms with van der Waals surface area (Å²) in [7, 11) is 0. The number of aliphatic hydroxyl groups excluding tert-OH is 1. The molecular weight excluding hydrogens is 544 g/mol. The van der Waals surface area contributed by atoms with E-state index in [1.54, 1.807) is 5.01 Å². The Bertz CT molecular complexity index is 1210. The van der Waals surface area contributed by atoms with Gasteiger partial charge in [-0.1, -0.05) is 91.0 Å². The maximum atomic E-state index is 13.2. The van der Waals surface area contributed by atoms with E-state index in [1.807, 2.05) is 117 Å². The van der Waals surface area contributed by atoms with Gasteiger partial charge in [0, 0.05) is 19.6 Å². The van der Waals surface area contributed by atoms with Gasteiger partial charge in [-0.3, -0.25) is 0 Å². The van der Waals surface area contributed by atoms with Crippen molar-refractivity contribution in [1.29, 1.82) is 0 Å². The molecule has 0 bridgehead atoms. The molecule has 43 heavy (non-hydrogen) atoms. The molecule has 0 saturated carbocycles.